The first-order chi connectivity index (χ1) is 11.1. The summed E-state index contributed by atoms with van der Waals surface area (Å²) in [6.07, 6.45) is 0.935. The predicted octanol–water partition coefficient (Wildman–Crippen LogP) is 2.12. The van der Waals surface area contributed by atoms with Crippen molar-refractivity contribution in [2.45, 2.75) is 6.85 Å². The minimum Gasteiger partial charge on any atom is -0.318 e. The summed E-state index contributed by atoms with van der Waals surface area (Å²) in [7, 11) is 1.51. The third-order valence-corrected chi connectivity index (χ3v) is 2.66. The van der Waals surface area contributed by atoms with Crippen molar-refractivity contribution in [1.29, 1.82) is 0 Å². The van der Waals surface area contributed by atoms with Crippen molar-refractivity contribution in [3.8, 4) is 0 Å². The van der Waals surface area contributed by atoms with E-state index >= 15 is 0 Å². The first kappa shape index (κ1) is 5.95. The molecule has 5 nitrogen and oxygen atoms in total. The summed E-state index contributed by atoms with van der Waals surface area (Å²) in [6.45, 7) is -2.63. The van der Waals surface area contributed by atoms with Crippen LogP contribution < -0.4 is 10.2 Å². The molecule has 2 aromatic rings. The molecule has 0 aromatic carbocycles. The fourth-order valence-corrected chi connectivity index (χ4v) is 1.78. The first-order valence-electron chi connectivity index (χ1n) is 8.12. The normalized spacial score (nSPS) is 19.5. The van der Waals surface area contributed by atoms with Gasteiger partial charge in [0.1, 0.15) is 5.82 Å². The minimum atomic E-state index is -2.63. The number of nitrogens with one attached hydrogen (secondary N) is 1. The SMILES string of the molecule is [2H]c1cnc2c(c1)C(=O)N([2H])c1c(C([2H])([2H])[2H])cc([2H])nc1N2C. The summed E-state index contributed by atoms with van der Waals surface area (Å²) in [6, 6.07) is 2.26. The Bertz CT molecular complexity index is 853. The van der Waals surface area contributed by atoms with Crippen molar-refractivity contribution >= 4 is 23.2 Å². The van der Waals surface area contributed by atoms with Crippen LogP contribution >= 0.6 is 0 Å². The maximum absolute atomic E-state index is 12.6. The number of carbonyl (C=O) groups excluding carboxylic acids is 1. The molecule has 0 spiro atoms. The summed E-state index contributed by atoms with van der Waals surface area (Å²) >= 11 is 0. The fourth-order valence-electron chi connectivity index (χ4n) is 1.78. The number of nitrogens with zero attached hydrogens (tertiary/aromatic N) is 3. The van der Waals surface area contributed by atoms with Crippen molar-refractivity contribution in [3.05, 3.63) is 41.7 Å². The molecule has 0 radical (unpaired) electrons. The van der Waals surface area contributed by atoms with E-state index in [4.69, 9.17) is 8.27 Å². The molecule has 90 valence electrons. The van der Waals surface area contributed by atoms with Crippen LogP contribution in [0.4, 0.5) is 17.3 Å². The van der Waals surface area contributed by atoms with E-state index in [1.54, 1.807) is 0 Å². The number of pyridine rings is 2. The molecule has 0 saturated heterocycles. The smallest absolute Gasteiger partial charge is 0.259 e. The number of aromatic nitrogens is 2. The van der Waals surface area contributed by atoms with Gasteiger partial charge in [-0.05, 0) is 30.6 Å². The number of aryl methyl sites for hydroxylation is 1. The maximum atomic E-state index is 12.6. The van der Waals surface area contributed by atoms with Crippen LogP contribution in [0.25, 0.3) is 0 Å². The van der Waals surface area contributed by atoms with Gasteiger partial charge in [0.05, 0.1) is 14.0 Å². The van der Waals surface area contributed by atoms with Gasteiger partial charge in [0.2, 0.25) is 0 Å². The molecule has 0 saturated carbocycles. The second kappa shape index (κ2) is 3.80. The van der Waals surface area contributed by atoms with Gasteiger partial charge >= 0.3 is 0 Å². The lowest BCUT2D eigenvalue weighted by Crippen LogP contribution is -2.14. The van der Waals surface area contributed by atoms with E-state index in [0.717, 1.165) is 6.07 Å². The lowest BCUT2D eigenvalue weighted by molar-refractivity contribution is 0.102. The molecule has 0 atom stereocenters. The Morgan fingerprint density at radius 1 is 1.44 bits per heavy atom. The molecule has 3 rings (SSSR count). The molecule has 0 fully saturated rings. The molecule has 5 heteroatoms. The molecular formula is C13H12N4O. The van der Waals surface area contributed by atoms with Crippen LogP contribution in [0.5, 0.6) is 0 Å². The van der Waals surface area contributed by atoms with Gasteiger partial charge < -0.3 is 10.2 Å². The van der Waals surface area contributed by atoms with Crippen LogP contribution in [-0.4, -0.2) is 22.9 Å². The number of amides is 1. The number of hydrogen-bond donors (Lipinski definition) is 1. The number of hydrogen-bond acceptors (Lipinski definition) is 4. The zero-order valence-corrected chi connectivity index (χ0v) is 9.43. The van der Waals surface area contributed by atoms with E-state index in [0.29, 0.717) is 5.31 Å². The quantitative estimate of drug-likeness (QED) is 0.773. The predicted molar refractivity (Wildman–Crippen MR) is 69.2 cm³/mol. The Labute approximate surface area is 113 Å². The average molecular weight is 246 g/mol. The van der Waals surface area contributed by atoms with Crippen LogP contribution in [0.3, 0.4) is 0 Å². The van der Waals surface area contributed by atoms with Crippen molar-refractivity contribution in [3.63, 3.8) is 0 Å². The summed E-state index contributed by atoms with van der Waals surface area (Å²) < 4.78 is 46.4. The third kappa shape index (κ3) is 1.44. The van der Waals surface area contributed by atoms with Gasteiger partial charge in [-0.1, -0.05) is 0 Å². The highest BCUT2D eigenvalue weighted by molar-refractivity contribution is 6.11. The van der Waals surface area contributed by atoms with Crippen LogP contribution in [0.2, 0.25) is 1.41 Å². The number of carbonyl (C=O) groups is 1. The molecule has 1 amide bonds. The van der Waals surface area contributed by atoms with Gasteiger partial charge in [-0.25, -0.2) is 9.97 Å². The van der Waals surface area contributed by atoms with E-state index in [2.05, 4.69) is 9.97 Å². The monoisotopic (exact) mass is 246 g/mol. The summed E-state index contributed by atoms with van der Waals surface area (Å²) in [5.74, 6) is -0.704. The van der Waals surface area contributed by atoms with E-state index in [1.165, 1.54) is 24.2 Å². The lowest BCUT2D eigenvalue weighted by Gasteiger charge is -2.18. The molecule has 1 N–H and O–H groups in total. The molecule has 3 heterocycles. The van der Waals surface area contributed by atoms with Gasteiger partial charge in [-0.3, -0.25) is 4.79 Å². The van der Waals surface area contributed by atoms with E-state index in [1.807, 2.05) is 0 Å². The van der Waals surface area contributed by atoms with Gasteiger partial charge in [-0.15, -0.1) is 0 Å². The average Bonchev–Trinajstić information content (AvgIpc) is 2.57. The zero-order chi connectivity index (χ0) is 17.8. The lowest BCUT2D eigenvalue weighted by atomic mass is 10.2. The topological polar surface area (TPSA) is 58.1 Å². The van der Waals surface area contributed by atoms with Gasteiger partial charge in [0, 0.05) is 23.5 Å². The molecule has 1 aliphatic rings. The van der Waals surface area contributed by atoms with Gasteiger partial charge in [-0.2, -0.15) is 0 Å². The highest BCUT2D eigenvalue weighted by Crippen LogP contribution is 2.35. The Morgan fingerprint density at radius 3 is 3.17 bits per heavy atom. The Hall–Kier alpha value is -2.43. The van der Waals surface area contributed by atoms with E-state index < -0.39 is 12.8 Å². The first-order valence-corrected chi connectivity index (χ1v) is 5.17. The van der Waals surface area contributed by atoms with Crippen LogP contribution in [0.1, 0.15) is 22.8 Å². The Morgan fingerprint density at radius 2 is 2.33 bits per heavy atom. The summed E-state index contributed by atoms with van der Waals surface area (Å²) in [4.78, 5) is 21.9. The van der Waals surface area contributed by atoms with E-state index in [-0.39, 0.29) is 40.7 Å². The van der Waals surface area contributed by atoms with Crippen LogP contribution in [0, 0.1) is 6.85 Å². The van der Waals surface area contributed by atoms with Gasteiger partial charge in [0.15, 0.2) is 7.23 Å². The summed E-state index contributed by atoms with van der Waals surface area (Å²) in [5, 5.41) is 0.437. The number of anilines is 3. The van der Waals surface area contributed by atoms with Crippen molar-refractivity contribution < 1.29 is 13.1 Å². The molecule has 2 aromatic heterocycles. The van der Waals surface area contributed by atoms with Crippen molar-refractivity contribution in [1.82, 2.24) is 9.97 Å². The second-order valence-corrected chi connectivity index (χ2v) is 3.75. The largest absolute Gasteiger partial charge is 0.318 e. The highest BCUT2D eigenvalue weighted by Gasteiger charge is 2.25. The molecule has 1 aliphatic heterocycles. The van der Waals surface area contributed by atoms with Crippen molar-refractivity contribution in [2.75, 3.05) is 17.3 Å². The van der Waals surface area contributed by atoms with Crippen molar-refractivity contribution in [2.24, 2.45) is 0 Å². The fraction of sp³-hybridized carbons (Fsp3) is 0.154. The highest BCUT2D eigenvalue weighted by atomic mass is 16.1. The molecular weight excluding hydrogens is 228 g/mol. The standard InChI is InChI=1S/C13H12N4O/c1-8-5-7-15-12-10(8)16-13(18)9-4-3-6-14-11(9)17(12)2/h3-7H,1-2H3,(H,16,18)/i1D3,3D,7D/hD. The third-order valence-electron chi connectivity index (χ3n) is 2.66. The molecule has 0 bridgehead atoms. The maximum Gasteiger partial charge on any atom is 0.259 e. The summed E-state index contributed by atoms with van der Waals surface area (Å²) in [5.41, 5.74) is -0.546. The van der Waals surface area contributed by atoms with Crippen LogP contribution in [-0.2, 0) is 0 Å². The zero-order valence-electron chi connectivity index (χ0n) is 15.4. The Kier molecular flexibility index (Phi) is 1.26. The minimum absolute atomic E-state index is 0.0129. The Balaban J connectivity index is 2.37. The molecule has 0 unspecified atom stereocenters. The molecule has 18 heavy (non-hydrogen) atoms. The van der Waals surface area contributed by atoms with Crippen LogP contribution in [0.15, 0.2) is 30.5 Å². The second-order valence-electron chi connectivity index (χ2n) is 3.75. The van der Waals surface area contributed by atoms with E-state index in [9.17, 15) is 4.79 Å². The molecule has 0 aliphatic carbocycles. The van der Waals surface area contributed by atoms with Gasteiger partial charge in [0.25, 0.3) is 5.91 Å². The number of rotatable bonds is 0. The number of fused-ring (bicyclic) bond motifs is 2.